The fourth-order valence-corrected chi connectivity index (χ4v) is 4.52. The molecule has 1 aromatic heterocycles. The molecule has 0 spiro atoms. The van der Waals surface area contributed by atoms with Crippen LogP contribution in [0.2, 0.25) is 0 Å². The highest BCUT2D eigenvalue weighted by atomic mass is 32.1. The molecule has 0 saturated carbocycles. The molecular weight excluding hydrogens is 389 g/mol. The van der Waals surface area contributed by atoms with Crippen molar-refractivity contribution in [3.8, 4) is 6.07 Å². The van der Waals surface area contributed by atoms with Gasteiger partial charge in [-0.2, -0.15) is 5.26 Å². The average Bonchev–Trinajstić information content (AvgIpc) is 3.16. The SMILES string of the molecule is CN1C(=O)[C@H](c2ccc(C(C)(C)C#N)c(F)c2)[C@@](C)(c2ccc(C=N)s2)N=C1N. The molecule has 1 aliphatic heterocycles. The van der Waals surface area contributed by atoms with Crippen molar-refractivity contribution in [2.45, 2.75) is 37.6 Å². The molecule has 29 heavy (non-hydrogen) atoms. The molecule has 2 aromatic rings. The molecule has 1 aromatic carbocycles. The van der Waals surface area contributed by atoms with E-state index in [1.807, 2.05) is 6.07 Å². The van der Waals surface area contributed by atoms with Gasteiger partial charge in [-0.05, 0) is 44.5 Å². The van der Waals surface area contributed by atoms with Crippen molar-refractivity contribution in [2.75, 3.05) is 7.05 Å². The number of benzene rings is 1. The maximum Gasteiger partial charge on any atom is 0.239 e. The number of aliphatic imine (C=N–C) groups is 1. The number of nitrogens with zero attached hydrogens (tertiary/aromatic N) is 3. The van der Waals surface area contributed by atoms with Crippen molar-refractivity contribution in [3.63, 3.8) is 0 Å². The van der Waals surface area contributed by atoms with Crippen LogP contribution in [0, 0.1) is 22.6 Å². The van der Waals surface area contributed by atoms with Crippen LogP contribution in [0.4, 0.5) is 4.39 Å². The first-order valence-corrected chi connectivity index (χ1v) is 9.81. The minimum Gasteiger partial charge on any atom is -0.369 e. The standard InChI is InChI=1S/C21H22FN5OS/c1-20(2,11-24)14-7-5-12(9-15(14)22)17-18(28)27(4)19(25)26-21(17,3)16-8-6-13(10-23)29-16/h5-10,17,23H,1-4H3,(H2,25,26)/t17-,21+/m0/s1. The number of likely N-dealkylation sites (N-methyl/N-ethyl adjacent to an activating group) is 1. The molecule has 2 heterocycles. The Kier molecular flexibility index (Phi) is 5.05. The molecule has 0 radical (unpaired) electrons. The van der Waals surface area contributed by atoms with Crippen LogP contribution in [0.3, 0.4) is 0 Å². The van der Waals surface area contributed by atoms with E-state index in [2.05, 4.69) is 11.1 Å². The van der Waals surface area contributed by atoms with Gasteiger partial charge in [0.2, 0.25) is 5.91 Å². The summed E-state index contributed by atoms with van der Waals surface area (Å²) in [7, 11) is 1.54. The van der Waals surface area contributed by atoms with E-state index in [0.29, 0.717) is 5.56 Å². The van der Waals surface area contributed by atoms with E-state index in [9.17, 15) is 14.4 Å². The summed E-state index contributed by atoms with van der Waals surface area (Å²) >= 11 is 1.34. The summed E-state index contributed by atoms with van der Waals surface area (Å²) in [6.07, 6.45) is 1.23. The Labute approximate surface area is 173 Å². The lowest BCUT2D eigenvalue weighted by molar-refractivity contribution is -0.130. The summed E-state index contributed by atoms with van der Waals surface area (Å²) in [4.78, 5) is 20.5. The zero-order valence-corrected chi connectivity index (χ0v) is 17.5. The summed E-state index contributed by atoms with van der Waals surface area (Å²) in [6, 6.07) is 10.2. The molecule has 0 unspecified atom stereocenters. The molecule has 3 rings (SSSR count). The smallest absolute Gasteiger partial charge is 0.239 e. The van der Waals surface area contributed by atoms with Gasteiger partial charge in [0.15, 0.2) is 5.96 Å². The molecule has 0 fully saturated rings. The number of hydrogen-bond acceptors (Lipinski definition) is 6. The van der Waals surface area contributed by atoms with Crippen LogP contribution in [-0.2, 0) is 15.7 Å². The Morgan fingerprint density at radius 3 is 2.66 bits per heavy atom. The molecule has 0 bridgehead atoms. The highest BCUT2D eigenvalue weighted by Gasteiger charge is 2.48. The van der Waals surface area contributed by atoms with Crippen LogP contribution in [0.5, 0.6) is 0 Å². The number of nitrogens with one attached hydrogen (secondary N) is 1. The average molecular weight is 412 g/mol. The Hall–Kier alpha value is -3.05. The second-order valence-electron chi connectivity index (χ2n) is 7.77. The lowest BCUT2D eigenvalue weighted by atomic mass is 9.76. The van der Waals surface area contributed by atoms with E-state index < -0.39 is 22.7 Å². The number of guanidine groups is 1. The fraction of sp³-hybridized carbons (Fsp3) is 0.333. The summed E-state index contributed by atoms with van der Waals surface area (Å²) in [5.41, 5.74) is 4.69. The van der Waals surface area contributed by atoms with Crippen LogP contribution in [0.1, 0.15) is 47.6 Å². The Bertz CT molecular complexity index is 1070. The molecule has 6 nitrogen and oxygen atoms in total. The number of thiophene rings is 1. The predicted molar refractivity (Wildman–Crippen MR) is 112 cm³/mol. The second kappa shape index (κ2) is 7.08. The number of halogens is 1. The molecule has 150 valence electrons. The third-order valence-corrected chi connectivity index (χ3v) is 6.64. The minimum atomic E-state index is -1.04. The van der Waals surface area contributed by atoms with Gasteiger partial charge in [0.1, 0.15) is 11.4 Å². The zero-order valence-electron chi connectivity index (χ0n) is 16.7. The van der Waals surface area contributed by atoms with Gasteiger partial charge in [-0.3, -0.25) is 9.69 Å². The summed E-state index contributed by atoms with van der Waals surface area (Å²) in [5.74, 6) is -1.55. The van der Waals surface area contributed by atoms with Crippen LogP contribution in [0.15, 0.2) is 35.3 Å². The first-order chi connectivity index (χ1) is 13.5. The second-order valence-corrected chi connectivity index (χ2v) is 8.89. The minimum absolute atomic E-state index is 0.0845. The van der Waals surface area contributed by atoms with Gasteiger partial charge in [0.05, 0.1) is 17.4 Å². The summed E-state index contributed by atoms with van der Waals surface area (Å²) < 4.78 is 14.9. The number of carbonyl (C=O) groups is 1. The van der Waals surface area contributed by atoms with E-state index in [1.54, 1.807) is 39.0 Å². The van der Waals surface area contributed by atoms with Gasteiger partial charge >= 0.3 is 0 Å². The number of carbonyl (C=O) groups excluding carboxylic acids is 1. The third kappa shape index (κ3) is 3.32. The van der Waals surface area contributed by atoms with Crippen molar-refractivity contribution in [1.29, 1.82) is 10.7 Å². The van der Waals surface area contributed by atoms with Crippen molar-refractivity contribution in [3.05, 3.63) is 57.0 Å². The first-order valence-electron chi connectivity index (χ1n) is 9.00. The number of amides is 1. The van der Waals surface area contributed by atoms with Crippen LogP contribution in [-0.4, -0.2) is 30.0 Å². The Morgan fingerprint density at radius 1 is 1.41 bits per heavy atom. The maximum absolute atomic E-state index is 14.9. The van der Waals surface area contributed by atoms with Crippen molar-refractivity contribution >= 4 is 29.4 Å². The van der Waals surface area contributed by atoms with Gasteiger partial charge < -0.3 is 11.1 Å². The molecule has 8 heteroatoms. The first kappa shape index (κ1) is 20.7. The van der Waals surface area contributed by atoms with Gasteiger partial charge in [-0.25, -0.2) is 9.38 Å². The lowest BCUT2D eigenvalue weighted by Gasteiger charge is -2.40. The summed E-state index contributed by atoms with van der Waals surface area (Å²) in [6.45, 7) is 5.08. The fourth-order valence-electron chi connectivity index (χ4n) is 3.57. The number of nitrogens with two attached hydrogens (primary N) is 1. The zero-order chi connectivity index (χ0) is 21.6. The van der Waals surface area contributed by atoms with Gasteiger partial charge in [0, 0.05) is 28.6 Å². The highest BCUT2D eigenvalue weighted by molar-refractivity contribution is 7.13. The number of rotatable bonds is 4. The van der Waals surface area contributed by atoms with Gasteiger partial charge in [-0.1, -0.05) is 12.1 Å². The monoisotopic (exact) mass is 411 g/mol. The summed E-state index contributed by atoms with van der Waals surface area (Å²) in [5, 5.41) is 16.8. The van der Waals surface area contributed by atoms with E-state index in [1.165, 1.54) is 35.6 Å². The Morgan fingerprint density at radius 2 is 2.10 bits per heavy atom. The lowest BCUT2D eigenvalue weighted by Crippen LogP contribution is -2.52. The molecular formula is C21H22FN5OS. The molecule has 3 N–H and O–H groups in total. The van der Waals surface area contributed by atoms with Crippen molar-refractivity contribution in [1.82, 2.24) is 4.90 Å². The normalized spacial score (nSPS) is 22.2. The van der Waals surface area contributed by atoms with Crippen LogP contribution < -0.4 is 5.73 Å². The van der Waals surface area contributed by atoms with Gasteiger partial charge in [0.25, 0.3) is 0 Å². The molecule has 2 atom stereocenters. The number of nitriles is 1. The Balaban J connectivity index is 2.19. The quantitative estimate of drug-likeness (QED) is 0.752. The predicted octanol–water partition coefficient (Wildman–Crippen LogP) is 3.47. The molecule has 1 amide bonds. The van der Waals surface area contributed by atoms with Crippen molar-refractivity contribution in [2.24, 2.45) is 10.7 Å². The van der Waals surface area contributed by atoms with E-state index >= 15 is 0 Å². The van der Waals surface area contributed by atoms with Gasteiger partial charge in [-0.15, -0.1) is 11.3 Å². The molecule has 1 aliphatic rings. The maximum atomic E-state index is 14.9. The molecule has 0 aliphatic carbocycles. The van der Waals surface area contributed by atoms with E-state index in [0.717, 1.165) is 9.75 Å². The van der Waals surface area contributed by atoms with E-state index in [4.69, 9.17) is 11.1 Å². The van der Waals surface area contributed by atoms with Crippen LogP contribution in [0.25, 0.3) is 0 Å². The largest absolute Gasteiger partial charge is 0.369 e. The van der Waals surface area contributed by atoms with Crippen molar-refractivity contribution < 1.29 is 9.18 Å². The highest BCUT2D eigenvalue weighted by Crippen LogP contribution is 2.46. The topological polar surface area (TPSA) is 106 Å². The van der Waals surface area contributed by atoms with E-state index in [-0.39, 0.29) is 17.4 Å². The third-order valence-electron chi connectivity index (χ3n) is 5.38. The number of hydrogen-bond donors (Lipinski definition) is 2. The van der Waals surface area contributed by atoms with Crippen LogP contribution >= 0.6 is 11.3 Å². The molecule has 0 saturated heterocycles.